The van der Waals surface area contributed by atoms with Crippen LogP contribution in [-0.2, 0) is 0 Å². The zero-order valence-corrected chi connectivity index (χ0v) is 9.33. The van der Waals surface area contributed by atoms with Gasteiger partial charge in [0, 0.05) is 11.6 Å². The van der Waals surface area contributed by atoms with Crippen LogP contribution in [0, 0.1) is 0 Å². The molecule has 0 spiro atoms. The van der Waals surface area contributed by atoms with Gasteiger partial charge in [0.1, 0.15) is 5.56 Å². The Morgan fingerprint density at radius 1 is 1.44 bits per heavy atom. The number of carbonyl (C=O) groups is 2. The van der Waals surface area contributed by atoms with Crippen LogP contribution < -0.4 is 5.73 Å². The minimum atomic E-state index is -1.11. The van der Waals surface area contributed by atoms with Gasteiger partial charge in [0.05, 0.1) is 6.20 Å². The van der Waals surface area contributed by atoms with Crippen LogP contribution in [0.4, 0.5) is 0 Å². The van der Waals surface area contributed by atoms with E-state index in [-0.39, 0.29) is 22.8 Å². The molecule has 0 aliphatic heterocycles. The first-order valence-electron chi connectivity index (χ1n) is 5.49. The molecule has 1 aliphatic rings. The number of hydrogen-bond acceptors (Lipinski definition) is 4. The number of amides is 1. The number of nitrogens with two attached hydrogens (primary N) is 1. The van der Waals surface area contributed by atoms with Gasteiger partial charge in [0.2, 0.25) is 0 Å². The summed E-state index contributed by atoms with van der Waals surface area (Å²) in [5.74, 6) is -1.49. The van der Waals surface area contributed by atoms with Crippen LogP contribution in [0.25, 0.3) is 5.65 Å². The molecule has 1 fully saturated rings. The number of aromatic carboxylic acids is 1. The predicted octanol–water partition coefficient (Wildman–Crippen LogP) is 0.404. The number of hydrogen-bond donors (Lipinski definition) is 2. The van der Waals surface area contributed by atoms with E-state index in [1.807, 2.05) is 0 Å². The van der Waals surface area contributed by atoms with E-state index >= 15 is 0 Å². The molecule has 1 saturated carbocycles. The summed E-state index contributed by atoms with van der Waals surface area (Å²) in [6.45, 7) is 0. The zero-order chi connectivity index (χ0) is 12.9. The molecule has 2 aromatic heterocycles. The molecule has 3 N–H and O–H groups in total. The van der Waals surface area contributed by atoms with E-state index < -0.39 is 11.9 Å². The number of carboxylic acid groups (broad SMARTS) is 1. The Kier molecular flexibility index (Phi) is 2.09. The number of aromatic nitrogens is 3. The number of fused-ring (bicyclic) bond motifs is 1. The van der Waals surface area contributed by atoms with Crippen LogP contribution in [-0.4, -0.2) is 31.6 Å². The highest BCUT2D eigenvalue weighted by atomic mass is 16.4. The lowest BCUT2D eigenvalue weighted by atomic mass is 10.2. The Labute approximate surface area is 101 Å². The molecule has 0 unspecified atom stereocenters. The SMILES string of the molecule is NC(=O)c1cnn2c(C(=O)O)cc(C3CC3)nc12. The number of carbonyl (C=O) groups excluding carboxylic acids is 1. The Morgan fingerprint density at radius 3 is 2.72 bits per heavy atom. The molecule has 2 heterocycles. The van der Waals surface area contributed by atoms with Crippen LogP contribution in [0.15, 0.2) is 12.3 Å². The van der Waals surface area contributed by atoms with Crippen molar-refractivity contribution in [3.8, 4) is 0 Å². The highest BCUT2D eigenvalue weighted by Gasteiger charge is 2.28. The molecule has 7 nitrogen and oxygen atoms in total. The third kappa shape index (κ3) is 1.52. The van der Waals surface area contributed by atoms with Gasteiger partial charge < -0.3 is 10.8 Å². The Morgan fingerprint density at radius 2 is 2.17 bits per heavy atom. The number of primary amides is 1. The van der Waals surface area contributed by atoms with Crippen LogP contribution >= 0.6 is 0 Å². The van der Waals surface area contributed by atoms with Crippen molar-refractivity contribution in [2.24, 2.45) is 5.73 Å². The van der Waals surface area contributed by atoms with Crippen molar-refractivity contribution in [1.82, 2.24) is 14.6 Å². The van der Waals surface area contributed by atoms with Gasteiger partial charge in [-0.05, 0) is 18.9 Å². The van der Waals surface area contributed by atoms with E-state index in [0.717, 1.165) is 17.4 Å². The van der Waals surface area contributed by atoms with Crippen molar-refractivity contribution in [1.29, 1.82) is 0 Å². The lowest BCUT2D eigenvalue weighted by molar-refractivity contribution is 0.0686. The third-order valence-corrected chi connectivity index (χ3v) is 2.97. The van der Waals surface area contributed by atoms with E-state index in [9.17, 15) is 9.59 Å². The van der Waals surface area contributed by atoms with E-state index in [1.54, 1.807) is 0 Å². The van der Waals surface area contributed by atoms with Gasteiger partial charge in [0.25, 0.3) is 5.91 Å². The minimum Gasteiger partial charge on any atom is -0.477 e. The maximum absolute atomic E-state index is 11.2. The van der Waals surface area contributed by atoms with Crippen molar-refractivity contribution < 1.29 is 14.7 Å². The molecule has 18 heavy (non-hydrogen) atoms. The summed E-state index contributed by atoms with van der Waals surface area (Å²) in [6, 6.07) is 1.50. The van der Waals surface area contributed by atoms with Gasteiger partial charge in [0.15, 0.2) is 11.3 Å². The lowest BCUT2D eigenvalue weighted by Gasteiger charge is -2.04. The first kappa shape index (κ1) is 10.7. The van der Waals surface area contributed by atoms with Crippen molar-refractivity contribution in [3.05, 3.63) is 29.2 Å². The van der Waals surface area contributed by atoms with Crippen molar-refractivity contribution in [3.63, 3.8) is 0 Å². The highest BCUT2D eigenvalue weighted by molar-refractivity contribution is 5.99. The van der Waals surface area contributed by atoms with Crippen LogP contribution in [0.1, 0.15) is 45.3 Å². The molecule has 0 aromatic carbocycles. The molecule has 1 amide bonds. The highest BCUT2D eigenvalue weighted by Crippen LogP contribution is 2.39. The molecule has 0 atom stereocenters. The summed E-state index contributed by atoms with van der Waals surface area (Å²) in [5.41, 5.74) is 6.24. The summed E-state index contributed by atoms with van der Waals surface area (Å²) in [4.78, 5) is 26.7. The first-order chi connectivity index (χ1) is 8.58. The molecular formula is C11H10N4O3. The molecule has 0 saturated heterocycles. The monoisotopic (exact) mass is 246 g/mol. The van der Waals surface area contributed by atoms with E-state index in [2.05, 4.69) is 10.1 Å². The third-order valence-electron chi connectivity index (χ3n) is 2.97. The number of carboxylic acids is 1. The summed E-state index contributed by atoms with van der Waals surface area (Å²) in [5, 5.41) is 13.0. The quantitative estimate of drug-likeness (QED) is 0.814. The van der Waals surface area contributed by atoms with Gasteiger partial charge in [-0.15, -0.1) is 0 Å². The number of nitrogens with zero attached hydrogens (tertiary/aromatic N) is 3. The second-order valence-electron chi connectivity index (χ2n) is 4.30. The fraction of sp³-hybridized carbons (Fsp3) is 0.273. The topological polar surface area (TPSA) is 111 Å². The van der Waals surface area contributed by atoms with Crippen molar-refractivity contribution >= 4 is 17.5 Å². The van der Waals surface area contributed by atoms with Gasteiger partial charge in [-0.2, -0.15) is 5.10 Å². The minimum absolute atomic E-state index is 0.00519. The van der Waals surface area contributed by atoms with Crippen LogP contribution in [0.3, 0.4) is 0 Å². The molecule has 2 aromatic rings. The normalized spacial score (nSPS) is 14.9. The fourth-order valence-corrected chi connectivity index (χ4v) is 1.90. The molecule has 7 heteroatoms. The van der Waals surface area contributed by atoms with Crippen LogP contribution in [0.5, 0.6) is 0 Å². The van der Waals surface area contributed by atoms with E-state index in [4.69, 9.17) is 10.8 Å². The summed E-state index contributed by atoms with van der Waals surface area (Å²) in [6.07, 6.45) is 3.22. The second-order valence-corrected chi connectivity index (χ2v) is 4.30. The Bertz CT molecular complexity index is 672. The van der Waals surface area contributed by atoms with Crippen molar-refractivity contribution in [2.75, 3.05) is 0 Å². The fourth-order valence-electron chi connectivity index (χ4n) is 1.90. The molecule has 1 aliphatic carbocycles. The van der Waals surface area contributed by atoms with Gasteiger partial charge in [-0.1, -0.05) is 0 Å². The standard InChI is InChI=1S/C11H10N4O3/c12-9(16)6-4-13-15-8(11(17)18)3-7(5-1-2-5)14-10(6)15/h3-5H,1-2H2,(H2,12,16)(H,17,18). The van der Waals surface area contributed by atoms with E-state index in [1.165, 1.54) is 12.3 Å². The average Bonchev–Trinajstić information content (AvgIpc) is 3.07. The van der Waals surface area contributed by atoms with Crippen molar-refractivity contribution in [2.45, 2.75) is 18.8 Å². The predicted molar refractivity (Wildman–Crippen MR) is 60.4 cm³/mol. The molecule has 92 valence electrons. The first-order valence-corrected chi connectivity index (χ1v) is 5.49. The number of rotatable bonds is 3. The summed E-state index contributed by atoms with van der Waals surface area (Å²) >= 11 is 0. The van der Waals surface area contributed by atoms with Gasteiger partial charge in [-0.3, -0.25) is 4.79 Å². The lowest BCUT2D eigenvalue weighted by Crippen LogP contribution is -2.13. The van der Waals surface area contributed by atoms with Gasteiger partial charge in [-0.25, -0.2) is 14.3 Å². The Hall–Kier alpha value is -2.44. The molecule has 0 bridgehead atoms. The molecular weight excluding hydrogens is 236 g/mol. The summed E-state index contributed by atoms with van der Waals surface area (Å²) < 4.78 is 1.13. The molecule has 3 rings (SSSR count). The van der Waals surface area contributed by atoms with E-state index in [0.29, 0.717) is 5.69 Å². The largest absolute Gasteiger partial charge is 0.477 e. The molecule has 0 radical (unpaired) electrons. The maximum Gasteiger partial charge on any atom is 0.354 e. The Balaban J connectivity index is 2.32. The zero-order valence-electron chi connectivity index (χ0n) is 9.33. The average molecular weight is 246 g/mol. The van der Waals surface area contributed by atoms with Gasteiger partial charge >= 0.3 is 5.97 Å². The maximum atomic E-state index is 11.2. The smallest absolute Gasteiger partial charge is 0.354 e. The second kappa shape index (κ2) is 3.52. The summed E-state index contributed by atoms with van der Waals surface area (Å²) in [7, 11) is 0. The van der Waals surface area contributed by atoms with Crippen LogP contribution in [0.2, 0.25) is 0 Å².